The van der Waals surface area contributed by atoms with Gasteiger partial charge in [-0.25, -0.2) is 0 Å². The van der Waals surface area contributed by atoms with E-state index in [9.17, 15) is 0 Å². The van der Waals surface area contributed by atoms with Gasteiger partial charge in [0.2, 0.25) is 0 Å². The molecule has 0 heterocycles. The SMILES string of the molecule is CCN=C(N)NC1(C)CCCCC1. The minimum absolute atomic E-state index is 0.195. The lowest BCUT2D eigenvalue weighted by atomic mass is 9.83. The van der Waals surface area contributed by atoms with Crippen LogP contribution in [0.25, 0.3) is 0 Å². The Hall–Kier alpha value is -0.730. The molecular formula is C10H21N3. The molecule has 0 atom stereocenters. The van der Waals surface area contributed by atoms with Crippen LogP contribution in [0.1, 0.15) is 46.0 Å². The Morgan fingerprint density at radius 1 is 1.38 bits per heavy atom. The van der Waals surface area contributed by atoms with Crippen molar-refractivity contribution in [2.75, 3.05) is 6.54 Å². The van der Waals surface area contributed by atoms with Gasteiger partial charge in [-0.1, -0.05) is 19.3 Å². The van der Waals surface area contributed by atoms with E-state index in [1.807, 2.05) is 6.92 Å². The molecule has 0 aromatic carbocycles. The molecule has 76 valence electrons. The van der Waals surface area contributed by atoms with Gasteiger partial charge in [0, 0.05) is 12.1 Å². The zero-order chi connectivity index (χ0) is 9.73. The van der Waals surface area contributed by atoms with Gasteiger partial charge < -0.3 is 11.1 Å². The van der Waals surface area contributed by atoms with E-state index in [0.717, 1.165) is 6.54 Å². The molecule has 3 nitrogen and oxygen atoms in total. The van der Waals surface area contributed by atoms with Crippen molar-refractivity contribution < 1.29 is 0 Å². The van der Waals surface area contributed by atoms with Crippen molar-refractivity contribution in [3.63, 3.8) is 0 Å². The summed E-state index contributed by atoms with van der Waals surface area (Å²) in [5.74, 6) is 0.604. The van der Waals surface area contributed by atoms with Crippen LogP contribution in [0.2, 0.25) is 0 Å². The van der Waals surface area contributed by atoms with Crippen LogP contribution in [0.5, 0.6) is 0 Å². The summed E-state index contributed by atoms with van der Waals surface area (Å²) < 4.78 is 0. The molecule has 3 N–H and O–H groups in total. The normalized spacial score (nSPS) is 22.8. The van der Waals surface area contributed by atoms with Crippen molar-refractivity contribution in [3.8, 4) is 0 Å². The van der Waals surface area contributed by atoms with Crippen molar-refractivity contribution >= 4 is 5.96 Å². The number of rotatable bonds is 2. The molecule has 1 saturated carbocycles. The lowest BCUT2D eigenvalue weighted by molar-refractivity contribution is 0.290. The van der Waals surface area contributed by atoms with E-state index >= 15 is 0 Å². The van der Waals surface area contributed by atoms with Gasteiger partial charge in [0.15, 0.2) is 5.96 Å². The highest BCUT2D eigenvalue weighted by Crippen LogP contribution is 2.27. The van der Waals surface area contributed by atoms with Crippen LogP contribution in [-0.2, 0) is 0 Å². The van der Waals surface area contributed by atoms with Gasteiger partial charge >= 0.3 is 0 Å². The summed E-state index contributed by atoms with van der Waals surface area (Å²) in [6, 6.07) is 0. The van der Waals surface area contributed by atoms with E-state index in [2.05, 4.69) is 17.2 Å². The molecule has 0 spiro atoms. The highest BCUT2D eigenvalue weighted by molar-refractivity contribution is 5.78. The van der Waals surface area contributed by atoms with Crippen LogP contribution in [0, 0.1) is 0 Å². The van der Waals surface area contributed by atoms with Gasteiger partial charge in [-0.15, -0.1) is 0 Å². The summed E-state index contributed by atoms with van der Waals surface area (Å²) >= 11 is 0. The fraction of sp³-hybridized carbons (Fsp3) is 0.900. The van der Waals surface area contributed by atoms with E-state index in [-0.39, 0.29) is 5.54 Å². The Morgan fingerprint density at radius 2 is 2.00 bits per heavy atom. The molecule has 0 saturated heterocycles. The van der Waals surface area contributed by atoms with Crippen LogP contribution >= 0.6 is 0 Å². The summed E-state index contributed by atoms with van der Waals surface area (Å²) in [5.41, 5.74) is 5.93. The molecule has 1 fully saturated rings. The van der Waals surface area contributed by atoms with Crippen molar-refractivity contribution in [1.82, 2.24) is 5.32 Å². The molecule has 0 unspecified atom stereocenters. The Balaban J connectivity index is 2.45. The van der Waals surface area contributed by atoms with E-state index in [1.54, 1.807) is 0 Å². The largest absolute Gasteiger partial charge is 0.370 e. The first-order valence-corrected chi connectivity index (χ1v) is 5.24. The van der Waals surface area contributed by atoms with Crippen molar-refractivity contribution in [1.29, 1.82) is 0 Å². The van der Waals surface area contributed by atoms with Crippen molar-refractivity contribution in [2.45, 2.75) is 51.5 Å². The number of nitrogens with two attached hydrogens (primary N) is 1. The summed E-state index contributed by atoms with van der Waals surface area (Å²) in [5, 5.41) is 3.32. The number of guanidine groups is 1. The monoisotopic (exact) mass is 183 g/mol. The van der Waals surface area contributed by atoms with E-state index in [1.165, 1.54) is 32.1 Å². The molecule has 0 aliphatic heterocycles. The van der Waals surface area contributed by atoms with Gasteiger partial charge in [0.05, 0.1) is 0 Å². The van der Waals surface area contributed by atoms with Crippen molar-refractivity contribution in [2.24, 2.45) is 10.7 Å². The number of aliphatic imine (C=N–C) groups is 1. The highest BCUT2D eigenvalue weighted by atomic mass is 15.1. The fourth-order valence-electron chi connectivity index (χ4n) is 1.98. The second-order valence-electron chi connectivity index (χ2n) is 4.11. The van der Waals surface area contributed by atoms with E-state index in [4.69, 9.17) is 5.73 Å². The average Bonchev–Trinajstić information content (AvgIpc) is 2.04. The zero-order valence-corrected chi connectivity index (χ0v) is 8.77. The second-order valence-corrected chi connectivity index (χ2v) is 4.11. The summed E-state index contributed by atoms with van der Waals surface area (Å²) in [7, 11) is 0. The maximum atomic E-state index is 5.74. The Labute approximate surface area is 80.8 Å². The number of hydrogen-bond donors (Lipinski definition) is 2. The first kappa shape index (κ1) is 10.4. The van der Waals surface area contributed by atoms with Gasteiger partial charge in [-0.3, -0.25) is 4.99 Å². The smallest absolute Gasteiger partial charge is 0.188 e. The van der Waals surface area contributed by atoms with Gasteiger partial charge in [0.1, 0.15) is 0 Å². The minimum atomic E-state index is 0.195. The molecule has 0 aromatic rings. The van der Waals surface area contributed by atoms with Crippen molar-refractivity contribution in [3.05, 3.63) is 0 Å². The maximum absolute atomic E-state index is 5.74. The number of nitrogens with one attached hydrogen (secondary N) is 1. The summed E-state index contributed by atoms with van der Waals surface area (Å²) in [6.45, 7) is 5.00. The third-order valence-electron chi connectivity index (χ3n) is 2.72. The molecule has 0 amide bonds. The highest BCUT2D eigenvalue weighted by Gasteiger charge is 2.26. The van der Waals surface area contributed by atoms with Crippen LogP contribution in [0.4, 0.5) is 0 Å². The number of hydrogen-bond acceptors (Lipinski definition) is 1. The number of nitrogens with zero attached hydrogens (tertiary/aromatic N) is 1. The average molecular weight is 183 g/mol. The van der Waals surface area contributed by atoms with Gasteiger partial charge in [-0.2, -0.15) is 0 Å². The molecule has 13 heavy (non-hydrogen) atoms. The van der Waals surface area contributed by atoms with E-state index < -0.39 is 0 Å². The topological polar surface area (TPSA) is 50.4 Å². The third kappa shape index (κ3) is 3.25. The van der Waals surface area contributed by atoms with Crippen LogP contribution in [0.15, 0.2) is 4.99 Å². The lowest BCUT2D eigenvalue weighted by Gasteiger charge is -2.34. The van der Waals surface area contributed by atoms with Crippen LogP contribution in [-0.4, -0.2) is 18.0 Å². The second kappa shape index (κ2) is 4.49. The molecule has 0 aromatic heterocycles. The Bertz CT molecular complexity index is 181. The Morgan fingerprint density at radius 3 is 2.54 bits per heavy atom. The van der Waals surface area contributed by atoms with Crippen LogP contribution in [0.3, 0.4) is 0 Å². The van der Waals surface area contributed by atoms with Crippen LogP contribution < -0.4 is 11.1 Å². The van der Waals surface area contributed by atoms with E-state index in [0.29, 0.717) is 5.96 Å². The minimum Gasteiger partial charge on any atom is -0.370 e. The zero-order valence-electron chi connectivity index (χ0n) is 8.77. The van der Waals surface area contributed by atoms with Gasteiger partial charge in [0.25, 0.3) is 0 Å². The van der Waals surface area contributed by atoms with Gasteiger partial charge in [-0.05, 0) is 26.7 Å². The maximum Gasteiger partial charge on any atom is 0.188 e. The molecular weight excluding hydrogens is 162 g/mol. The fourth-order valence-corrected chi connectivity index (χ4v) is 1.98. The summed E-state index contributed by atoms with van der Waals surface area (Å²) in [6.07, 6.45) is 6.41. The first-order chi connectivity index (χ1) is 6.16. The molecule has 0 bridgehead atoms. The molecule has 3 heteroatoms. The molecule has 1 rings (SSSR count). The summed E-state index contributed by atoms with van der Waals surface area (Å²) in [4.78, 5) is 4.15. The Kier molecular flexibility index (Phi) is 3.58. The predicted molar refractivity (Wildman–Crippen MR) is 56.8 cm³/mol. The molecule has 0 radical (unpaired) electrons. The molecule has 1 aliphatic rings. The predicted octanol–water partition coefficient (Wildman–Crippen LogP) is 1.63. The third-order valence-corrected chi connectivity index (χ3v) is 2.72. The first-order valence-electron chi connectivity index (χ1n) is 5.24. The lowest BCUT2D eigenvalue weighted by Crippen LogP contribution is -2.50. The molecule has 1 aliphatic carbocycles. The standard InChI is InChI=1S/C10H21N3/c1-3-12-9(11)13-10(2)7-5-4-6-8-10/h3-8H2,1-2H3,(H3,11,12,13). The quantitative estimate of drug-likeness (QED) is 0.505.